The first-order chi connectivity index (χ1) is 21.1. The fourth-order valence-electron chi connectivity index (χ4n) is 9.90. The maximum Gasteiger partial charge on any atom is 0.252 e. The normalized spacial score (nSPS) is 32.2. The lowest BCUT2D eigenvalue weighted by Crippen LogP contribution is -2.66. The van der Waals surface area contributed by atoms with E-state index in [4.69, 9.17) is 0 Å². The number of hydrogen-bond donors (Lipinski definition) is 0. The molecule has 0 spiro atoms. The summed E-state index contributed by atoms with van der Waals surface area (Å²) in [6, 6.07) is 13.7. The molecule has 0 bridgehead atoms. The number of hydrogen-bond acceptors (Lipinski definition) is 2. The Labute approximate surface area is 264 Å². The van der Waals surface area contributed by atoms with Gasteiger partial charge in [0.05, 0.1) is 0 Å². The molecule has 234 valence electrons. The van der Waals surface area contributed by atoms with Crippen molar-refractivity contribution in [2.45, 2.75) is 127 Å². The lowest BCUT2D eigenvalue weighted by atomic mass is 9.33. The Morgan fingerprint density at radius 2 is 1.00 bits per heavy atom. The third-order valence-electron chi connectivity index (χ3n) is 12.2. The molecular formula is C38H41BF4N2. The standard InChI is InChI=1S/C38H41BF4N2/c1-33(2,3)22-18-24-31-26(20-22)39-27-21-23(34(4,5)6)19-25-32(27)45(38(43)17-10-8-15-36(25,38)41)29-13-11-12-28(30(29)39)44(31)37(42)16-9-7-14-35(24,37)40/h11-13,18-21H,7-10,14-17H2,1-6H3. The van der Waals surface area contributed by atoms with Gasteiger partial charge in [-0.2, -0.15) is 0 Å². The van der Waals surface area contributed by atoms with E-state index in [-0.39, 0.29) is 36.5 Å². The maximum atomic E-state index is 17.8. The van der Waals surface area contributed by atoms with Crippen LogP contribution in [0.2, 0.25) is 0 Å². The summed E-state index contributed by atoms with van der Waals surface area (Å²) in [6.45, 7) is 12.2. The lowest BCUT2D eigenvalue weighted by Gasteiger charge is -2.49. The molecule has 4 heterocycles. The summed E-state index contributed by atoms with van der Waals surface area (Å²) in [5.74, 6) is -4.52. The molecule has 2 nitrogen and oxygen atoms in total. The molecule has 2 aliphatic carbocycles. The van der Waals surface area contributed by atoms with Crippen LogP contribution < -0.4 is 26.2 Å². The summed E-state index contributed by atoms with van der Waals surface area (Å²) >= 11 is 0. The smallest absolute Gasteiger partial charge is 0.252 e. The molecule has 9 rings (SSSR count). The Balaban J connectivity index is 1.45. The van der Waals surface area contributed by atoms with Crippen LogP contribution in [-0.4, -0.2) is 18.3 Å². The van der Waals surface area contributed by atoms with E-state index in [2.05, 4.69) is 53.7 Å². The molecule has 45 heavy (non-hydrogen) atoms. The first-order valence-electron chi connectivity index (χ1n) is 16.9. The molecule has 3 aromatic carbocycles. The molecule has 4 unspecified atom stereocenters. The summed E-state index contributed by atoms with van der Waals surface area (Å²) < 4.78 is 70.9. The minimum Gasteiger partial charge on any atom is -0.306 e. The quantitative estimate of drug-likeness (QED) is 0.143. The van der Waals surface area contributed by atoms with Gasteiger partial charge in [0.25, 0.3) is 6.71 Å². The monoisotopic (exact) mass is 612 g/mol. The third-order valence-corrected chi connectivity index (χ3v) is 12.2. The van der Waals surface area contributed by atoms with E-state index < -0.39 is 29.6 Å². The molecule has 2 saturated carbocycles. The van der Waals surface area contributed by atoms with Gasteiger partial charge < -0.3 is 9.80 Å². The molecule has 3 aromatic rings. The average molecular weight is 613 g/mol. The molecule has 0 N–H and O–H groups in total. The van der Waals surface area contributed by atoms with Crippen molar-refractivity contribution in [1.82, 2.24) is 0 Å². The molecule has 4 aliphatic heterocycles. The van der Waals surface area contributed by atoms with E-state index in [0.717, 1.165) is 27.5 Å². The van der Waals surface area contributed by atoms with E-state index in [1.165, 1.54) is 0 Å². The molecule has 7 heteroatoms. The minimum absolute atomic E-state index is 0.0794. The highest BCUT2D eigenvalue weighted by Gasteiger charge is 2.71. The number of halogens is 4. The Morgan fingerprint density at radius 3 is 1.40 bits per heavy atom. The first-order valence-corrected chi connectivity index (χ1v) is 16.9. The second-order valence-corrected chi connectivity index (χ2v) is 16.8. The van der Waals surface area contributed by atoms with Gasteiger partial charge in [0.15, 0.2) is 11.3 Å². The van der Waals surface area contributed by atoms with Crippen LogP contribution >= 0.6 is 0 Å². The topological polar surface area (TPSA) is 6.48 Å². The van der Waals surface area contributed by atoms with Gasteiger partial charge in [0.2, 0.25) is 11.6 Å². The van der Waals surface area contributed by atoms with E-state index in [0.29, 0.717) is 59.6 Å². The number of rotatable bonds is 0. The van der Waals surface area contributed by atoms with Crippen LogP contribution in [-0.2, 0) is 22.2 Å². The van der Waals surface area contributed by atoms with E-state index in [1.54, 1.807) is 9.80 Å². The van der Waals surface area contributed by atoms with Crippen LogP contribution in [0, 0.1) is 0 Å². The highest BCUT2D eigenvalue weighted by atomic mass is 19.2. The second kappa shape index (κ2) is 8.12. The Kier molecular flexibility index (Phi) is 5.10. The van der Waals surface area contributed by atoms with Gasteiger partial charge in [0, 0.05) is 46.7 Å². The fourth-order valence-corrected chi connectivity index (χ4v) is 9.90. The van der Waals surface area contributed by atoms with Gasteiger partial charge in [-0.15, -0.1) is 0 Å². The number of alkyl halides is 4. The summed E-state index contributed by atoms with van der Waals surface area (Å²) in [6.07, 6.45) is 2.84. The molecule has 4 atom stereocenters. The van der Waals surface area contributed by atoms with Crippen molar-refractivity contribution in [3.8, 4) is 0 Å². The minimum atomic E-state index is -2.26. The zero-order valence-corrected chi connectivity index (χ0v) is 27.2. The average Bonchev–Trinajstić information content (AvgIpc) is 3.32. The molecule has 0 aromatic heterocycles. The summed E-state index contributed by atoms with van der Waals surface area (Å²) in [7, 11) is 0. The molecule has 6 aliphatic rings. The van der Waals surface area contributed by atoms with Crippen molar-refractivity contribution >= 4 is 45.9 Å². The van der Waals surface area contributed by atoms with Gasteiger partial charge >= 0.3 is 0 Å². The summed E-state index contributed by atoms with van der Waals surface area (Å²) in [4.78, 5) is 3.28. The Morgan fingerprint density at radius 1 is 0.600 bits per heavy atom. The zero-order chi connectivity index (χ0) is 31.7. The Bertz CT molecular complexity index is 1710. The molecule has 0 radical (unpaired) electrons. The van der Waals surface area contributed by atoms with Gasteiger partial charge in [-0.3, -0.25) is 0 Å². The van der Waals surface area contributed by atoms with Gasteiger partial charge in [-0.05, 0) is 101 Å². The molecule has 0 saturated heterocycles. The number of fused-ring (bicyclic) bond motifs is 10. The maximum absolute atomic E-state index is 17.8. The van der Waals surface area contributed by atoms with Crippen LogP contribution in [0.1, 0.15) is 115 Å². The van der Waals surface area contributed by atoms with E-state index in [9.17, 15) is 0 Å². The van der Waals surface area contributed by atoms with Crippen LogP contribution in [0.25, 0.3) is 0 Å². The van der Waals surface area contributed by atoms with Gasteiger partial charge in [-0.1, -0.05) is 59.7 Å². The second-order valence-electron chi connectivity index (χ2n) is 16.8. The van der Waals surface area contributed by atoms with Crippen molar-refractivity contribution in [3.05, 3.63) is 64.7 Å². The predicted molar refractivity (Wildman–Crippen MR) is 176 cm³/mol. The van der Waals surface area contributed by atoms with Crippen molar-refractivity contribution in [1.29, 1.82) is 0 Å². The van der Waals surface area contributed by atoms with Crippen LogP contribution in [0.4, 0.5) is 40.3 Å². The fraction of sp³-hybridized carbons (Fsp3) is 0.526. The summed E-state index contributed by atoms with van der Waals surface area (Å²) in [5, 5.41) is 0. The van der Waals surface area contributed by atoms with Gasteiger partial charge in [0.1, 0.15) is 0 Å². The van der Waals surface area contributed by atoms with E-state index >= 15 is 17.6 Å². The third kappa shape index (κ3) is 3.06. The zero-order valence-electron chi connectivity index (χ0n) is 27.2. The van der Waals surface area contributed by atoms with Crippen molar-refractivity contribution in [2.75, 3.05) is 9.80 Å². The predicted octanol–water partition coefficient (Wildman–Crippen LogP) is 8.54. The van der Waals surface area contributed by atoms with Gasteiger partial charge in [-0.25, -0.2) is 17.6 Å². The summed E-state index contributed by atoms with van der Waals surface area (Å²) in [5.41, 5.74) is 2.69. The molecule has 2 fully saturated rings. The highest BCUT2D eigenvalue weighted by Crippen LogP contribution is 2.66. The first kappa shape index (κ1) is 28.3. The van der Waals surface area contributed by atoms with Crippen LogP contribution in [0.5, 0.6) is 0 Å². The number of anilines is 4. The van der Waals surface area contributed by atoms with Crippen molar-refractivity contribution in [2.24, 2.45) is 0 Å². The van der Waals surface area contributed by atoms with Crippen LogP contribution in [0.3, 0.4) is 0 Å². The van der Waals surface area contributed by atoms with Crippen LogP contribution in [0.15, 0.2) is 42.5 Å². The number of nitrogens with zero attached hydrogens (tertiary/aromatic N) is 2. The van der Waals surface area contributed by atoms with Crippen molar-refractivity contribution < 1.29 is 17.6 Å². The van der Waals surface area contributed by atoms with E-state index in [1.807, 2.05) is 30.3 Å². The molecular weight excluding hydrogens is 571 g/mol. The molecule has 0 amide bonds. The highest BCUT2D eigenvalue weighted by molar-refractivity contribution is 7.00. The Hall–Kier alpha value is -2.96. The van der Waals surface area contributed by atoms with Crippen molar-refractivity contribution in [3.63, 3.8) is 0 Å². The largest absolute Gasteiger partial charge is 0.306 e. The lowest BCUT2D eigenvalue weighted by molar-refractivity contribution is -0.0620. The SMILES string of the molecule is CC(C)(C)c1cc2c3c(c1)C1(F)CCCCC1(F)N3c1cccc3c1B2c1cc(C(C)(C)C)cc2c1N3C1(F)CCCCC21F. The number of benzene rings is 3.